The van der Waals surface area contributed by atoms with E-state index in [-0.39, 0.29) is 65.1 Å². The van der Waals surface area contributed by atoms with Crippen LogP contribution in [-0.4, -0.2) is 21.8 Å². The Morgan fingerprint density at radius 2 is 1.50 bits per heavy atom. The summed E-state index contributed by atoms with van der Waals surface area (Å²) >= 11 is 0. The second-order valence-electron chi connectivity index (χ2n) is 0.283. The van der Waals surface area contributed by atoms with Gasteiger partial charge >= 0.3 is 64.3 Å². The Labute approximate surface area is 84.7 Å². The van der Waals surface area contributed by atoms with Gasteiger partial charge < -0.3 is 17.1 Å². The van der Waals surface area contributed by atoms with E-state index in [0.29, 0.717) is 0 Å². The van der Waals surface area contributed by atoms with Crippen molar-refractivity contribution < 1.29 is 80.1 Å². The van der Waals surface area contributed by atoms with Crippen LogP contribution in [0.15, 0.2) is 0 Å². The molecule has 34 valence electrons. The van der Waals surface area contributed by atoms with Crippen molar-refractivity contribution in [3.05, 3.63) is 0 Å². The first-order valence-electron chi connectivity index (χ1n) is 0.651. The van der Waals surface area contributed by atoms with E-state index in [0.717, 1.165) is 0 Å². The molecule has 0 saturated carbocycles. The van der Waals surface area contributed by atoms with E-state index >= 15 is 0 Å². The molecule has 5 heteroatoms. The molecule has 0 spiro atoms. The largest absolute Gasteiger partial charge is 1.00 e. The minimum Gasteiger partial charge on any atom is -1.00 e. The van der Waals surface area contributed by atoms with Gasteiger partial charge in [0.15, 0.2) is 0 Å². The fraction of sp³-hybridized carbons (Fsp3) is 0. The molecule has 4 nitrogen and oxygen atoms in total. The van der Waals surface area contributed by atoms with Crippen LogP contribution in [0.3, 0.4) is 0 Å². The molecule has 0 aromatic carbocycles. The van der Waals surface area contributed by atoms with E-state index < -0.39 is 6.16 Å². The number of hydrogen-bond acceptors (Lipinski definition) is 1. The summed E-state index contributed by atoms with van der Waals surface area (Å²) < 4.78 is 0. The third-order valence-corrected chi connectivity index (χ3v) is 0. The maximum absolute atomic E-state index is 8.56. The maximum atomic E-state index is 8.56. The minimum atomic E-state index is -1.83. The molecular formula is CH5O4Rb. The first-order valence-corrected chi connectivity index (χ1v) is 0.651. The Kier molecular flexibility index (Phi) is 24.6. The molecule has 0 aliphatic rings. The van der Waals surface area contributed by atoms with Crippen molar-refractivity contribution >= 4 is 6.16 Å². The molecule has 0 heterocycles. The van der Waals surface area contributed by atoms with Crippen LogP contribution in [0.4, 0.5) is 4.79 Å². The molecule has 0 aromatic heterocycles. The van der Waals surface area contributed by atoms with Crippen molar-refractivity contribution in [1.29, 1.82) is 0 Å². The number of carbonyl (C=O) groups is 1. The second-order valence-corrected chi connectivity index (χ2v) is 0.283. The third-order valence-electron chi connectivity index (χ3n) is 0. The topological polar surface area (TPSA) is 89.0 Å². The van der Waals surface area contributed by atoms with Crippen LogP contribution in [0.2, 0.25) is 0 Å². The first kappa shape index (κ1) is 15.7. The zero-order chi connectivity index (χ0) is 3.58. The zero-order valence-electron chi connectivity index (χ0n) is 4.30. The van der Waals surface area contributed by atoms with E-state index in [2.05, 4.69) is 0 Å². The summed E-state index contributed by atoms with van der Waals surface area (Å²) in [6.07, 6.45) is -1.83. The standard InChI is InChI=1S/CH2O3.H2O.Rb.H/c2-1(3)4;;;/h(H2,2,3,4);1H2;;/q;;+1;-1. The maximum Gasteiger partial charge on any atom is 1.00 e. The SMILES string of the molecule is O.O=C(O)O.[H-].[Rb+]. The molecule has 0 aromatic rings. The number of rotatable bonds is 0. The molecule has 0 fully saturated rings. The Hall–Kier alpha value is 1.04. The van der Waals surface area contributed by atoms with Crippen LogP contribution >= 0.6 is 0 Å². The van der Waals surface area contributed by atoms with Crippen molar-refractivity contribution in [3.8, 4) is 0 Å². The third kappa shape index (κ3) is 76.5. The van der Waals surface area contributed by atoms with Gasteiger partial charge in [0.2, 0.25) is 0 Å². The smallest absolute Gasteiger partial charge is 1.00 e. The minimum absolute atomic E-state index is 0. The fourth-order valence-electron chi connectivity index (χ4n) is 0. The molecular weight excluding hydrogens is 161 g/mol. The van der Waals surface area contributed by atoms with Gasteiger partial charge in [-0.1, -0.05) is 0 Å². The van der Waals surface area contributed by atoms with E-state index in [1.165, 1.54) is 0 Å². The Morgan fingerprint density at radius 1 is 1.50 bits per heavy atom. The monoisotopic (exact) mass is 166 g/mol. The first-order chi connectivity index (χ1) is 1.73. The van der Waals surface area contributed by atoms with Crippen LogP contribution in [0.5, 0.6) is 0 Å². The molecule has 0 aliphatic carbocycles. The molecule has 6 heavy (non-hydrogen) atoms. The average molecular weight is 167 g/mol. The average Bonchev–Trinajstić information content (AvgIpc) is 0.811. The second kappa shape index (κ2) is 9.40. The van der Waals surface area contributed by atoms with Crippen molar-refractivity contribution in [2.24, 2.45) is 0 Å². The molecule has 0 aliphatic heterocycles. The van der Waals surface area contributed by atoms with Gasteiger partial charge in [-0.2, -0.15) is 0 Å². The summed E-state index contributed by atoms with van der Waals surface area (Å²) in [5.74, 6) is 0. The van der Waals surface area contributed by atoms with E-state index in [1.54, 1.807) is 0 Å². The Bertz CT molecular complexity index is 34.7. The molecule has 0 bridgehead atoms. The normalized spacial score (nSPS) is 4.00. The van der Waals surface area contributed by atoms with Crippen LogP contribution in [0, 0.1) is 0 Å². The van der Waals surface area contributed by atoms with Gasteiger partial charge in [-0.3, -0.25) is 0 Å². The quantitative estimate of drug-likeness (QED) is 0.392. The molecule has 4 N–H and O–H groups in total. The van der Waals surface area contributed by atoms with E-state index in [4.69, 9.17) is 15.0 Å². The fourth-order valence-corrected chi connectivity index (χ4v) is 0. The molecule has 0 unspecified atom stereocenters. The van der Waals surface area contributed by atoms with Gasteiger partial charge in [0.05, 0.1) is 0 Å². The Balaban J connectivity index is -0.0000000150. The summed E-state index contributed by atoms with van der Waals surface area (Å²) in [5, 5.41) is 13.9. The predicted octanol–water partition coefficient (Wildman–Crippen LogP) is -3.49. The van der Waals surface area contributed by atoms with Gasteiger partial charge in [-0.25, -0.2) is 4.79 Å². The predicted molar refractivity (Wildman–Crippen MR) is 15.4 cm³/mol. The summed E-state index contributed by atoms with van der Waals surface area (Å²) in [6.45, 7) is 0. The van der Waals surface area contributed by atoms with Crippen LogP contribution in [-0.2, 0) is 0 Å². The van der Waals surface area contributed by atoms with Gasteiger partial charge in [0.1, 0.15) is 0 Å². The summed E-state index contributed by atoms with van der Waals surface area (Å²) in [5.41, 5.74) is 0. The molecule has 0 amide bonds. The molecule has 0 atom stereocenters. The van der Waals surface area contributed by atoms with Crippen molar-refractivity contribution in [2.75, 3.05) is 0 Å². The Morgan fingerprint density at radius 3 is 1.50 bits per heavy atom. The van der Waals surface area contributed by atoms with Gasteiger partial charge in [0, 0.05) is 0 Å². The molecule has 0 rings (SSSR count). The molecule has 0 radical (unpaired) electrons. The van der Waals surface area contributed by atoms with Gasteiger partial charge in [-0.15, -0.1) is 0 Å². The van der Waals surface area contributed by atoms with Crippen molar-refractivity contribution in [1.82, 2.24) is 0 Å². The van der Waals surface area contributed by atoms with Crippen molar-refractivity contribution in [2.45, 2.75) is 0 Å². The van der Waals surface area contributed by atoms with Gasteiger partial charge in [0.25, 0.3) is 0 Å². The van der Waals surface area contributed by atoms with Crippen LogP contribution < -0.4 is 58.2 Å². The summed E-state index contributed by atoms with van der Waals surface area (Å²) in [6, 6.07) is 0. The number of carboxylic acid groups (broad SMARTS) is 2. The zero-order valence-corrected chi connectivity index (χ0v) is 8.22. The van der Waals surface area contributed by atoms with Crippen LogP contribution in [0.25, 0.3) is 0 Å². The van der Waals surface area contributed by atoms with E-state index in [9.17, 15) is 0 Å². The number of hydrogen-bond donors (Lipinski definition) is 2. The molecule has 0 saturated heterocycles. The van der Waals surface area contributed by atoms with Gasteiger partial charge in [-0.05, 0) is 0 Å². The van der Waals surface area contributed by atoms with Crippen LogP contribution in [0.1, 0.15) is 1.43 Å². The summed E-state index contributed by atoms with van der Waals surface area (Å²) in [4.78, 5) is 8.56. The van der Waals surface area contributed by atoms with Crippen molar-refractivity contribution in [3.63, 3.8) is 0 Å². The summed E-state index contributed by atoms with van der Waals surface area (Å²) in [7, 11) is 0. The van der Waals surface area contributed by atoms with E-state index in [1.807, 2.05) is 0 Å².